The smallest absolute Gasteiger partial charge is 0.312 e. The normalized spacial score (nSPS) is 12.3. The SMILES string of the molecule is Cc1cc(C)n(CCN[C@@H](C)CCc2ccccc2)c(=O)n1. The fraction of sp³-hybridized carbons (Fsp3) is 0.444. The van der Waals surface area contributed by atoms with Crippen molar-refractivity contribution in [2.45, 2.75) is 46.2 Å². The molecule has 0 saturated heterocycles. The van der Waals surface area contributed by atoms with Crippen molar-refractivity contribution in [3.05, 3.63) is 63.8 Å². The van der Waals surface area contributed by atoms with Gasteiger partial charge in [0.2, 0.25) is 0 Å². The average molecular weight is 299 g/mol. The molecule has 118 valence electrons. The third-order valence-corrected chi connectivity index (χ3v) is 3.88. The minimum Gasteiger partial charge on any atom is -0.312 e. The van der Waals surface area contributed by atoms with Gasteiger partial charge < -0.3 is 5.32 Å². The Balaban J connectivity index is 1.78. The Morgan fingerprint density at radius 3 is 2.64 bits per heavy atom. The van der Waals surface area contributed by atoms with Gasteiger partial charge in [-0.3, -0.25) is 4.57 Å². The summed E-state index contributed by atoms with van der Waals surface area (Å²) < 4.78 is 1.73. The summed E-state index contributed by atoms with van der Waals surface area (Å²) in [6, 6.07) is 12.9. The first kappa shape index (κ1) is 16.4. The molecule has 1 heterocycles. The molecule has 2 aromatic rings. The molecule has 0 spiro atoms. The minimum absolute atomic E-state index is 0.156. The lowest BCUT2D eigenvalue weighted by Gasteiger charge is -2.15. The topological polar surface area (TPSA) is 46.9 Å². The van der Waals surface area contributed by atoms with Gasteiger partial charge in [0.25, 0.3) is 0 Å². The molecule has 1 atom stereocenters. The molecule has 4 heteroatoms. The standard InChI is InChI=1S/C18H25N3O/c1-14(9-10-17-7-5-4-6-8-17)19-11-12-21-16(3)13-15(2)20-18(21)22/h4-8,13-14,19H,9-12H2,1-3H3/t14-/m0/s1. The van der Waals surface area contributed by atoms with Gasteiger partial charge >= 0.3 is 5.69 Å². The van der Waals surface area contributed by atoms with Gasteiger partial charge in [-0.1, -0.05) is 30.3 Å². The summed E-state index contributed by atoms with van der Waals surface area (Å²) in [6.07, 6.45) is 2.16. The highest BCUT2D eigenvalue weighted by atomic mass is 16.1. The molecule has 0 aliphatic heterocycles. The van der Waals surface area contributed by atoms with Gasteiger partial charge in [0, 0.05) is 30.5 Å². The van der Waals surface area contributed by atoms with Crippen LogP contribution in [0.5, 0.6) is 0 Å². The van der Waals surface area contributed by atoms with E-state index in [4.69, 9.17) is 0 Å². The predicted molar refractivity (Wildman–Crippen MR) is 90.2 cm³/mol. The van der Waals surface area contributed by atoms with E-state index in [1.54, 1.807) is 4.57 Å². The van der Waals surface area contributed by atoms with Crippen molar-refractivity contribution in [2.24, 2.45) is 0 Å². The Morgan fingerprint density at radius 1 is 1.23 bits per heavy atom. The largest absolute Gasteiger partial charge is 0.347 e. The van der Waals surface area contributed by atoms with Gasteiger partial charge in [0.05, 0.1) is 0 Å². The molecule has 0 amide bonds. The third-order valence-electron chi connectivity index (χ3n) is 3.88. The summed E-state index contributed by atoms with van der Waals surface area (Å²) in [5.74, 6) is 0. The van der Waals surface area contributed by atoms with Crippen LogP contribution in [0.1, 0.15) is 30.3 Å². The number of hydrogen-bond donors (Lipinski definition) is 1. The molecule has 0 aliphatic carbocycles. The number of aromatic nitrogens is 2. The van der Waals surface area contributed by atoms with E-state index in [1.807, 2.05) is 26.0 Å². The van der Waals surface area contributed by atoms with Crippen LogP contribution in [0, 0.1) is 13.8 Å². The first-order valence-electron chi connectivity index (χ1n) is 7.88. The van der Waals surface area contributed by atoms with Crippen molar-refractivity contribution in [1.82, 2.24) is 14.9 Å². The Morgan fingerprint density at radius 2 is 1.95 bits per heavy atom. The molecule has 0 radical (unpaired) electrons. The maximum atomic E-state index is 11.9. The Labute approximate surface area is 132 Å². The lowest BCUT2D eigenvalue weighted by Crippen LogP contribution is -2.34. The van der Waals surface area contributed by atoms with Crippen molar-refractivity contribution < 1.29 is 0 Å². The van der Waals surface area contributed by atoms with Gasteiger partial charge in [-0.25, -0.2) is 4.79 Å². The van der Waals surface area contributed by atoms with E-state index >= 15 is 0 Å². The van der Waals surface area contributed by atoms with Gasteiger partial charge in [-0.15, -0.1) is 0 Å². The van der Waals surface area contributed by atoms with Crippen LogP contribution in [-0.2, 0) is 13.0 Å². The van der Waals surface area contributed by atoms with Gasteiger partial charge in [-0.2, -0.15) is 4.98 Å². The molecule has 0 bridgehead atoms. The molecule has 1 aromatic heterocycles. The van der Waals surface area contributed by atoms with Crippen LogP contribution in [0.4, 0.5) is 0 Å². The molecule has 22 heavy (non-hydrogen) atoms. The summed E-state index contributed by atoms with van der Waals surface area (Å²) in [6.45, 7) is 7.43. The Bertz CT molecular complexity index is 649. The molecule has 0 saturated carbocycles. The van der Waals surface area contributed by atoms with Crippen molar-refractivity contribution in [1.29, 1.82) is 0 Å². The molecule has 2 rings (SSSR count). The van der Waals surface area contributed by atoms with E-state index in [0.29, 0.717) is 12.6 Å². The lowest BCUT2D eigenvalue weighted by molar-refractivity contribution is 0.480. The fourth-order valence-electron chi connectivity index (χ4n) is 2.60. The van der Waals surface area contributed by atoms with Crippen LogP contribution in [0.25, 0.3) is 0 Å². The quantitative estimate of drug-likeness (QED) is 0.854. The van der Waals surface area contributed by atoms with Crippen LogP contribution in [-0.4, -0.2) is 22.1 Å². The predicted octanol–water partition coefficient (Wildman–Crippen LogP) is 2.47. The van der Waals surface area contributed by atoms with Crippen LogP contribution in [0.3, 0.4) is 0 Å². The zero-order valence-electron chi connectivity index (χ0n) is 13.7. The fourth-order valence-corrected chi connectivity index (χ4v) is 2.60. The monoisotopic (exact) mass is 299 g/mol. The van der Waals surface area contributed by atoms with Gasteiger partial charge in [0.1, 0.15) is 0 Å². The molecule has 1 aromatic carbocycles. The second kappa shape index (κ2) is 7.90. The highest BCUT2D eigenvalue weighted by Gasteiger charge is 2.05. The van der Waals surface area contributed by atoms with E-state index in [1.165, 1.54) is 5.56 Å². The summed E-state index contributed by atoms with van der Waals surface area (Å²) in [5.41, 5.74) is 2.96. The van der Waals surface area contributed by atoms with E-state index in [9.17, 15) is 4.79 Å². The Hall–Kier alpha value is -1.94. The molecular formula is C18H25N3O. The zero-order chi connectivity index (χ0) is 15.9. The first-order chi connectivity index (χ1) is 10.6. The van der Waals surface area contributed by atoms with E-state index in [2.05, 4.69) is 41.5 Å². The van der Waals surface area contributed by atoms with Crippen LogP contribution >= 0.6 is 0 Å². The van der Waals surface area contributed by atoms with Crippen molar-refractivity contribution in [3.8, 4) is 0 Å². The van der Waals surface area contributed by atoms with Crippen molar-refractivity contribution >= 4 is 0 Å². The molecule has 4 nitrogen and oxygen atoms in total. The van der Waals surface area contributed by atoms with E-state index in [0.717, 1.165) is 30.8 Å². The summed E-state index contributed by atoms with van der Waals surface area (Å²) in [7, 11) is 0. The summed E-state index contributed by atoms with van der Waals surface area (Å²) in [5, 5.41) is 3.48. The zero-order valence-corrected chi connectivity index (χ0v) is 13.7. The average Bonchev–Trinajstić information content (AvgIpc) is 2.49. The first-order valence-corrected chi connectivity index (χ1v) is 7.88. The van der Waals surface area contributed by atoms with Gasteiger partial charge in [0.15, 0.2) is 0 Å². The number of benzene rings is 1. The van der Waals surface area contributed by atoms with E-state index in [-0.39, 0.29) is 5.69 Å². The number of aryl methyl sites for hydroxylation is 3. The summed E-state index contributed by atoms with van der Waals surface area (Å²) in [4.78, 5) is 15.9. The minimum atomic E-state index is -0.156. The lowest BCUT2D eigenvalue weighted by atomic mass is 10.1. The van der Waals surface area contributed by atoms with Crippen LogP contribution < -0.4 is 11.0 Å². The second-order valence-corrected chi connectivity index (χ2v) is 5.85. The van der Waals surface area contributed by atoms with Crippen LogP contribution in [0.15, 0.2) is 41.2 Å². The van der Waals surface area contributed by atoms with E-state index < -0.39 is 0 Å². The molecular weight excluding hydrogens is 274 g/mol. The highest BCUT2D eigenvalue weighted by Crippen LogP contribution is 2.04. The molecule has 0 fully saturated rings. The second-order valence-electron chi connectivity index (χ2n) is 5.85. The van der Waals surface area contributed by atoms with Crippen molar-refractivity contribution in [3.63, 3.8) is 0 Å². The number of hydrogen-bond acceptors (Lipinski definition) is 3. The highest BCUT2D eigenvalue weighted by molar-refractivity contribution is 5.14. The Kier molecular flexibility index (Phi) is 5.90. The van der Waals surface area contributed by atoms with Gasteiger partial charge in [-0.05, 0) is 45.2 Å². The number of nitrogens with one attached hydrogen (secondary N) is 1. The number of rotatable bonds is 7. The number of nitrogens with zero attached hydrogens (tertiary/aromatic N) is 2. The maximum absolute atomic E-state index is 11.9. The van der Waals surface area contributed by atoms with Crippen molar-refractivity contribution in [2.75, 3.05) is 6.54 Å². The third kappa shape index (κ3) is 4.81. The summed E-state index contributed by atoms with van der Waals surface area (Å²) >= 11 is 0. The molecule has 0 unspecified atom stereocenters. The molecule has 1 N–H and O–H groups in total. The maximum Gasteiger partial charge on any atom is 0.347 e. The van der Waals surface area contributed by atoms with Crippen LogP contribution in [0.2, 0.25) is 0 Å². The molecule has 0 aliphatic rings.